The minimum Gasteiger partial charge on any atom is -0.454 e. The minimum atomic E-state index is -0.477. The summed E-state index contributed by atoms with van der Waals surface area (Å²) >= 11 is 4.79. The number of halogens is 1. The largest absolute Gasteiger partial charge is 0.454 e. The number of hydrazine groups is 1. The molecule has 1 atom stereocenters. The molecule has 6 nitrogen and oxygen atoms in total. The number of nitrogens with one attached hydrogen (secondary N) is 2. The van der Waals surface area contributed by atoms with Gasteiger partial charge < -0.3 is 4.42 Å². The normalized spacial score (nSPS) is 12.0. The van der Waals surface area contributed by atoms with Crippen LogP contribution in [0.15, 0.2) is 50.2 Å². The van der Waals surface area contributed by atoms with Gasteiger partial charge in [0.05, 0.1) is 11.8 Å². The summed E-state index contributed by atoms with van der Waals surface area (Å²) in [6.07, 6.45) is 0. The van der Waals surface area contributed by atoms with Crippen molar-refractivity contribution in [1.29, 1.82) is 0 Å². The first-order valence-corrected chi connectivity index (χ1v) is 10.4. The van der Waals surface area contributed by atoms with Crippen molar-refractivity contribution < 1.29 is 14.0 Å². The Hall–Kier alpha value is -1.77. The quantitative estimate of drug-likeness (QED) is 0.469. The Balaban J connectivity index is 1.82. The standard InChI is InChI=1S/C19H24BrN3O3S/c1-4-23(5-2)12-15-8-11-17(26-15)19(25)22-21-18(24)13(3)27-16-9-6-14(20)7-10-16/h6-11,13H,4-5,12H2,1-3H3,(H,21,24)(H,22,25). The van der Waals surface area contributed by atoms with Gasteiger partial charge >= 0.3 is 5.91 Å². The van der Waals surface area contributed by atoms with E-state index in [-0.39, 0.29) is 16.9 Å². The zero-order valence-electron chi connectivity index (χ0n) is 15.6. The maximum atomic E-state index is 12.2. The summed E-state index contributed by atoms with van der Waals surface area (Å²) in [5, 5.41) is -0.360. The first kappa shape index (κ1) is 21.5. The number of furan rings is 1. The summed E-state index contributed by atoms with van der Waals surface area (Å²) in [5.41, 5.74) is 4.85. The molecule has 2 aromatic rings. The molecule has 0 saturated heterocycles. The average Bonchev–Trinajstić information content (AvgIpc) is 3.14. The Kier molecular flexibility index (Phi) is 8.40. The van der Waals surface area contributed by atoms with Crippen LogP contribution in [0.2, 0.25) is 0 Å². The van der Waals surface area contributed by atoms with Crippen molar-refractivity contribution in [2.24, 2.45) is 0 Å². The van der Waals surface area contributed by atoms with Crippen LogP contribution in [-0.4, -0.2) is 35.1 Å². The third-order valence-corrected chi connectivity index (χ3v) is 5.59. The zero-order chi connectivity index (χ0) is 19.8. The second-order valence-electron chi connectivity index (χ2n) is 5.88. The molecule has 8 heteroatoms. The molecule has 0 spiro atoms. The Morgan fingerprint density at radius 1 is 1.11 bits per heavy atom. The molecule has 0 fully saturated rings. The van der Waals surface area contributed by atoms with Gasteiger partial charge in [-0.25, -0.2) is 0 Å². The van der Waals surface area contributed by atoms with Crippen molar-refractivity contribution in [2.75, 3.05) is 13.1 Å². The molecule has 2 amide bonds. The van der Waals surface area contributed by atoms with Gasteiger partial charge in [-0.1, -0.05) is 29.8 Å². The van der Waals surface area contributed by atoms with E-state index in [0.29, 0.717) is 12.3 Å². The van der Waals surface area contributed by atoms with E-state index in [1.807, 2.05) is 24.3 Å². The molecular formula is C19H24BrN3O3S. The SMILES string of the molecule is CCN(CC)Cc1ccc(C(=O)NNC(=O)C(C)Sc2ccc(Br)cc2)o1. The number of carbonyl (C=O) groups is 2. The van der Waals surface area contributed by atoms with Gasteiger partial charge in [0, 0.05) is 9.37 Å². The highest BCUT2D eigenvalue weighted by Crippen LogP contribution is 2.24. The van der Waals surface area contributed by atoms with E-state index in [0.717, 1.165) is 22.5 Å². The lowest BCUT2D eigenvalue weighted by Crippen LogP contribution is -2.44. The molecule has 27 heavy (non-hydrogen) atoms. The van der Waals surface area contributed by atoms with Crippen molar-refractivity contribution in [2.45, 2.75) is 37.5 Å². The number of hydrogen-bond donors (Lipinski definition) is 2. The number of nitrogens with zero attached hydrogens (tertiary/aromatic N) is 1. The van der Waals surface area contributed by atoms with Gasteiger partial charge in [0.15, 0.2) is 5.76 Å². The first-order valence-electron chi connectivity index (χ1n) is 8.76. The van der Waals surface area contributed by atoms with Crippen molar-refractivity contribution in [3.05, 3.63) is 52.4 Å². The van der Waals surface area contributed by atoms with E-state index < -0.39 is 5.91 Å². The summed E-state index contributed by atoms with van der Waals surface area (Å²) in [4.78, 5) is 27.5. The molecule has 0 bridgehead atoms. The van der Waals surface area contributed by atoms with Crippen LogP contribution in [0.1, 0.15) is 37.1 Å². The van der Waals surface area contributed by atoms with Crippen LogP contribution in [-0.2, 0) is 11.3 Å². The second kappa shape index (κ2) is 10.5. The van der Waals surface area contributed by atoms with E-state index >= 15 is 0 Å². The smallest absolute Gasteiger partial charge is 0.305 e. The van der Waals surface area contributed by atoms with Gasteiger partial charge in [0.2, 0.25) is 0 Å². The summed E-state index contributed by atoms with van der Waals surface area (Å²) in [7, 11) is 0. The molecule has 1 aromatic heterocycles. The number of carbonyl (C=O) groups excluding carboxylic acids is 2. The van der Waals surface area contributed by atoms with Gasteiger partial charge in [-0.15, -0.1) is 11.8 Å². The second-order valence-corrected chi connectivity index (χ2v) is 8.21. The van der Waals surface area contributed by atoms with Crippen LogP contribution in [0, 0.1) is 0 Å². The molecule has 0 saturated carbocycles. The molecule has 0 aliphatic heterocycles. The van der Waals surface area contributed by atoms with Crippen molar-refractivity contribution in [3.8, 4) is 0 Å². The molecule has 1 unspecified atom stereocenters. The Morgan fingerprint density at radius 2 is 1.78 bits per heavy atom. The van der Waals surface area contributed by atoms with E-state index in [9.17, 15) is 9.59 Å². The van der Waals surface area contributed by atoms with Crippen LogP contribution < -0.4 is 10.9 Å². The van der Waals surface area contributed by atoms with Gasteiger partial charge in [-0.05, 0) is 56.4 Å². The third kappa shape index (κ3) is 6.71. The maximum Gasteiger partial charge on any atom is 0.305 e. The van der Waals surface area contributed by atoms with Crippen LogP contribution in [0.25, 0.3) is 0 Å². The highest BCUT2D eigenvalue weighted by atomic mass is 79.9. The number of amides is 2. The molecule has 1 heterocycles. The summed E-state index contributed by atoms with van der Waals surface area (Å²) in [5.74, 6) is 0.126. The Labute approximate surface area is 172 Å². The zero-order valence-corrected chi connectivity index (χ0v) is 18.0. The lowest BCUT2D eigenvalue weighted by molar-refractivity contribution is -0.121. The fourth-order valence-corrected chi connectivity index (χ4v) is 3.44. The fourth-order valence-electron chi connectivity index (χ4n) is 2.30. The van der Waals surface area contributed by atoms with Crippen molar-refractivity contribution in [3.63, 3.8) is 0 Å². The summed E-state index contributed by atoms with van der Waals surface area (Å²) in [6, 6.07) is 11.1. The third-order valence-electron chi connectivity index (χ3n) is 3.95. The predicted octanol–water partition coefficient (Wildman–Crippen LogP) is 3.83. The van der Waals surface area contributed by atoms with E-state index in [2.05, 4.69) is 45.5 Å². The Bertz CT molecular complexity index is 760. The van der Waals surface area contributed by atoms with Crippen LogP contribution in [0.5, 0.6) is 0 Å². The molecule has 146 valence electrons. The number of thioether (sulfide) groups is 1. The summed E-state index contributed by atoms with van der Waals surface area (Å²) < 4.78 is 6.55. The lowest BCUT2D eigenvalue weighted by Gasteiger charge is -2.15. The molecular weight excluding hydrogens is 430 g/mol. The lowest BCUT2D eigenvalue weighted by atomic mass is 10.4. The molecule has 2 N–H and O–H groups in total. The highest BCUT2D eigenvalue weighted by molar-refractivity contribution is 9.10. The van der Waals surface area contributed by atoms with Crippen molar-refractivity contribution in [1.82, 2.24) is 15.8 Å². The van der Waals surface area contributed by atoms with Gasteiger partial charge in [0.25, 0.3) is 5.91 Å². The monoisotopic (exact) mass is 453 g/mol. The minimum absolute atomic E-state index is 0.172. The molecule has 0 radical (unpaired) electrons. The molecule has 1 aromatic carbocycles. The highest BCUT2D eigenvalue weighted by Gasteiger charge is 2.17. The summed E-state index contributed by atoms with van der Waals surface area (Å²) in [6.45, 7) is 8.38. The number of benzene rings is 1. The van der Waals surface area contributed by atoms with Crippen molar-refractivity contribution >= 4 is 39.5 Å². The maximum absolute atomic E-state index is 12.2. The van der Waals surface area contributed by atoms with Crippen LogP contribution in [0.3, 0.4) is 0 Å². The average molecular weight is 454 g/mol. The van der Waals surface area contributed by atoms with Gasteiger partial charge in [0.1, 0.15) is 5.76 Å². The molecule has 2 rings (SSSR count). The molecule has 0 aliphatic rings. The predicted molar refractivity (Wildman–Crippen MR) is 110 cm³/mol. The van der Waals surface area contributed by atoms with Gasteiger partial charge in [-0.3, -0.25) is 25.3 Å². The number of rotatable bonds is 8. The Morgan fingerprint density at radius 3 is 2.41 bits per heavy atom. The van der Waals surface area contributed by atoms with Gasteiger partial charge in [-0.2, -0.15) is 0 Å². The van der Waals surface area contributed by atoms with E-state index in [1.54, 1.807) is 19.1 Å². The fraction of sp³-hybridized carbons (Fsp3) is 0.368. The van der Waals surface area contributed by atoms with Crippen LogP contribution >= 0.6 is 27.7 Å². The van der Waals surface area contributed by atoms with Crippen LogP contribution in [0.4, 0.5) is 0 Å². The topological polar surface area (TPSA) is 74.6 Å². The number of hydrogen-bond acceptors (Lipinski definition) is 5. The molecule has 0 aliphatic carbocycles. The first-order chi connectivity index (χ1) is 12.9. The van der Waals surface area contributed by atoms with E-state index in [4.69, 9.17) is 4.42 Å². The van der Waals surface area contributed by atoms with E-state index in [1.165, 1.54) is 11.8 Å².